The number of thioether (sulfide) groups is 1. The molecule has 2 aromatic heterocycles. The number of anilines is 1. The summed E-state index contributed by atoms with van der Waals surface area (Å²) >= 11 is 1.24. The fourth-order valence-corrected chi connectivity index (χ4v) is 3.94. The van der Waals surface area contributed by atoms with Gasteiger partial charge in [-0.1, -0.05) is 49.0 Å². The first-order chi connectivity index (χ1) is 15.2. The van der Waals surface area contributed by atoms with Crippen molar-refractivity contribution < 1.29 is 13.6 Å². The molecule has 0 spiro atoms. The standard InChI is InChI=1S/C23H21FN4O2S/c1-2-16-8-3-6-12-20(16)25-21(29)15-31-23-27-26-22(18-10-4-5-11-19(18)24)28(23)14-17-9-7-13-30-17/h3-13H,2,14-15H2,1H3,(H,25,29). The summed E-state index contributed by atoms with van der Waals surface area (Å²) in [6.45, 7) is 2.37. The van der Waals surface area contributed by atoms with E-state index in [1.165, 1.54) is 17.8 Å². The fourth-order valence-electron chi connectivity index (χ4n) is 3.21. The number of para-hydroxylation sites is 1. The predicted molar refractivity (Wildman–Crippen MR) is 118 cm³/mol. The van der Waals surface area contributed by atoms with Crippen LogP contribution in [-0.2, 0) is 17.8 Å². The Morgan fingerprint density at radius 3 is 2.68 bits per heavy atom. The summed E-state index contributed by atoms with van der Waals surface area (Å²) in [4.78, 5) is 12.5. The number of benzene rings is 2. The lowest BCUT2D eigenvalue weighted by atomic mass is 10.1. The molecule has 2 aromatic carbocycles. The maximum Gasteiger partial charge on any atom is 0.234 e. The van der Waals surface area contributed by atoms with Crippen molar-refractivity contribution in [2.24, 2.45) is 0 Å². The van der Waals surface area contributed by atoms with Crippen LogP contribution >= 0.6 is 11.8 Å². The lowest BCUT2D eigenvalue weighted by molar-refractivity contribution is -0.113. The van der Waals surface area contributed by atoms with Crippen molar-refractivity contribution in [3.8, 4) is 11.4 Å². The van der Waals surface area contributed by atoms with Crippen molar-refractivity contribution in [3.63, 3.8) is 0 Å². The number of furan rings is 1. The molecular formula is C23H21FN4O2S. The molecule has 158 valence electrons. The number of aryl methyl sites for hydroxylation is 1. The van der Waals surface area contributed by atoms with E-state index in [9.17, 15) is 9.18 Å². The highest BCUT2D eigenvalue weighted by Gasteiger charge is 2.19. The van der Waals surface area contributed by atoms with Crippen LogP contribution in [0.5, 0.6) is 0 Å². The first-order valence-electron chi connectivity index (χ1n) is 9.86. The molecule has 0 atom stereocenters. The maximum absolute atomic E-state index is 14.4. The van der Waals surface area contributed by atoms with Crippen LogP contribution in [0, 0.1) is 5.82 Å². The number of halogens is 1. The van der Waals surface area contributed by atoms with E-state index in [-0.39, 0.29) is 17.5 Å². The molecule has 0 saturated heterocycles. The van der Waals surface area contributed by atoms with E-state index in [1.807, 2.05) is 37.3 Å². The molecule has 0 aliphatic heterocycles. The van der Waals surface area contributed by atoms with E-state index in [4.69, 9.17) is 4.42 Å². The van der Waals surface area contributed by atoms with Crippen LogP contribution in [0.25, 0.3) is 11.4 Å². The Bertz CT molecular complexity index is 1170. The van der Waals surface area contributed by atoms with E-state index >= 15 is 0 Å². The second-order valence-corrected chi connectivity index (χ2v) is 7.74. The van der Waals surface area contributed by atoms with Gasteiger partial charge in [0.25, 0.3) is 0 Å². The van der Waals surface area contributed by atoms with Crippen LogP contribution in [0.3, 0.4) is 0 Å². The smallest absolute Gasteiger partial charge is 0.234 e. The molecule has 0 radical (unpaired) electrons. The first kappa shape index (κ1) is 20.9. The third kappa shape index (κ3) is 4.86. The van der Waals surface area contributed by atoms with Crippen molar-refractivity contribution in [1.29, 1.82) is 0 Å². The van der Waals surface area contributed by atoms with Crippen LogP contribution < -0.4 is 5.32 Å². The van der Waals surface area contributed by atoms with Crippen LogP contribution in [0.1, 0.15) is 18.2 Å². The molecule has 4 rings (SSSR count). The fraction of sp³-hybridized carbons (Fsp3) is 0.174. The third-order valence-electron chi connectivity index (χ3n) is 4.73. The van der Waals surface area contributed by atoms with Gasteiger partial charge < -0.3 is 9.73 Å². The van der Waals surface area contributed by atoms with Gasteiger partial charge in [0.15, 0.2) is 11.0 Å². The van der Waals surface area contributed by atoms with Gasteiger partial charge in [-0.25, -0.2) is 4.39 Å². The number of hydrogen-bond donors (Lipinski definition) is 1. The second-order valence-electron chi connectivity index (χ2n) is 6.80. The monoisotopic (exact) mass is 436 g/mol. The quantitative estimate of drug-likeness (QED) is 0.393. The summed E-state index contributed by atoms with van der Waals surface area (Å²) in [5.74, 6) is 0.673. The van der Waals surface area contributed by atoms with E-state index in [0.717, 1.165) is 17.7 Å². The molecule has 0 aliphatic carbocycles. The predicted octanol–water partition coefficient (Wildman–Crippen LogP) is 5.02. The van der Waals surface area contributed by atoms with Crippen LogP contribution in [0.4, 0.5) is 10.1 Å². The number of carbonyl (C=O) groups excluding carboxylic acids is 1. The third-order valence-corrected chi connectivity index (χ3v) is 5.70. The van der Waals surface area contributed by atoms with Gasteiger partial charge in [-0.05, 0) is 42.3 Å². The van der Waals surface area contributed by atoms with Crippen LogP contribution in [0.15, 0.2) is 76.5 Å². The van der Waals surface area contributed by atoms with Gasteiger partial charge in [0.2, 0.25) is 5.91 Å². The van der Waals surface area contributed by atoms with Crippen molar-refractivity contribution >= 4 is 23.4 Å². The van der Waals surface area contributed by atoms with Gasteiger partial charge in [-0.3, -0.25) is 9.36 Å². The molecule has 1 N–H and O–H groups in total. The van der Waals surface area contributed by atoms with Crippen LogP contribution in [0.2, 0.25) is 0 Å². The number of hydrogen-bond acceptors (Lipinski definition) is 5. The highest BCUT2D eigenvalue weighted by molar-refractivity contribution is 7.99. The zero-order valence-corrected chi connectivity index (χ0v) is 17.7. The number of aromatic nitrogens is 3. The number of nitrogens with zero attached hydrogens (tertiary/aromatic N) is 3. The molecule has 6 nitrogen and oxygen atoms in total. The normalized spacial score (nSPS) is 10.9. The Hall–Kier alpha value is -3.39. The number of carbonyl (C=O) groups is 1. The van der Waals surface area contributed by atoms with Gasteiger partial charge in [0, 0.05) is 5.69 Å². The highest BCUT2D eigenvalue weighted by atomic mass is 32.2. The summed E-state index contributed by atoms with van der Waals surface area (Å²) < 4.78 is 21.6. The number of rotatable bonds is 8. The minimum atomic E-state index is -0.388. The van der Waals surface area contributed by atoms with E-state index in [2.05, 4.69) is 15.5 Å². The average Bonchev–Trinajstić information content (AvgIpc) is 3.44. The molecule has 0 unspecified atom stereocenters. The Labute approximate surface area is 183 Å². The number of nitrogens with one attached hydrogen (secondary N) is 1. The Morgan fingerprint density at radius 1 is 1.10 bits per heavy atom. The Kier molecular flexibility index (Phi) is 6.47. The second kappa shape index (κ2) is 9.61. The van der Waals surface area contributed by atoms with Gasteiger partial charge in [0.05, 0.1) is 24.1 Å². The summed E-state index contributed by atoms with van der Waals surface area (Å²) in [7, 11) is 0. The molecule has 0 bridgehead atoms. The molecule has 0 fully saturated rings. The maximum atomic E-state index is 14.4. The molecule has 2 heterocycles. The van der Waals surface area contributed by atoms with E-state index in [0.29, 0.717) is 28.8 Å². The molecule has 31 heavy (non-hydrogen) atoms. The summed E-state index contributed by atoms with van der Waals surface area (Å²) in [5.41, 5.74) is 2.22. The van der Waals surface area contributed by atoms with Gasteiger partial charge in [-0.2, -0.15) is 0 Å². The van der Waals surface area contributed by atoms with Gasteiger partial charge in [0.1, 0.15) is 11.6 Å². The largest absolute Gasteiger partial charge is 0.467 e. The molecule has 0 saturated carbocycles. The minimum Gasteiger partial charge on any atom is -0.467 e. The van der Waals surface area contributed by atoms with E-state index < -0.39 is 0 Å². The summed E-state index contributed by atoms with van der Waals surface area (Å²) in [6, 6.07) is 17.7. The van der Waals surface area contributed by atoms with Gasteiger partial charge >= 0.3 is 0 Å². The zero-order chi connectivity index (χ0) is 21.6. The molecule has 0 aliphatic rings. The highest BCUT2D eigenvalue weighted by Crippen LogP contribution is 2.27. The van der Waals surface area contributed by atoms with Crippen molar-refractivity contribution in [2.45, 2.75) is 25.0 Å². The van der Waals surface area contributed by atoms with Crippen molar-refractivity contribution in [2.75, 3.05) is 11.1 Å². The summed E-state index contributed by atoms with van der Waals surface area (Å²) in [6.07, 6.45) is 2.40. The van der Waals surface area contributed by atoms with Crippen LogP contribution in [-0.4, -0.2) is 26.4 Å². The average molecular weight is 437 g/mol. The molecular weight excluding hydrogens is 415 g/mol. The molecule has 1 amide bonds. The van der Waals surface area contributed by atoms with E-state index in [1.54, 1.807) is 35.1 Å². The van der Waals surface area contributed by atoms with Crippen molar-refractivity contribution in [1.82, 2.24) is 14.8 Å². The zero-order valence-electron chi connectivity index (χ0n) is 16.9. The Morgan fingerprint density at radius 2 is 1.90 bits per heavy atom. The Balaban J connectivity index is 1.55. The summed E-state index contributed by atoms with van der Waals surface area (Å²) in [5, 5.41) is 11.9. The first-order valence-corrected chi connectivity index (χ1v) is 10.8. The topological polar surface area (TPSA) is 73.0 Å². The lowest BCUT2D eigenvalue weighted by Crippen LogP contribution is -2.16. The molecule has 8 heteroatoms. The lowest BCUT2D eigenvalue weighted by Gasteiger charge is -2.11. The number of amides is 1. The SMILES string of the molecule is CCc1ccccc1NC(=O)CSc1nnc(-c2ccccc2F)n1Cc1ccco1. The molecule has 4 aromatic rings. The minimum absolute atomic E-state index is 0.144. The van der Waals surface area contributed by atoms with Gasteiger partial charge in [-0.15, -0.1) is 10.2 Å². The van der Waals surface area contributed by atoms with Crippen molar-refractivity contribution in [3.05, 3.63) is 84.1 Å².